The van der Waals surface area contributed by atoms with E-state index in [0.717, 1.165) is 12.8 Å². The van der Waals surface area contributed by atoms with Crippen molar-refractivity contribution in [3.05, 3.63) is 30.6 Å². The Balaban J connectivity index is 1.41. The molecule has 1 aliphatic rings. The van der Waals surface area contributed by atoms with Crippen molar-refractivity contribution in [3.63, 3.8) is 0 Å². The van der Waals surface area contributed by atoms with Gasteiger partial charge in [-0.3, -0.25) is 4.79 Å². The molecule has 8 heteroatoms. The quantitative estimate of drug-likeness (QED) is 0.749. The van der Waals surface area contributed by atoms with Crippen molar-refractivity contribution in [2.75, 3.05) is 25.0 Å². The Hall–Kier alpha value is -2.48. The number of carbonyl (C=O) groups excluding carboxylic acids is 1. The molecule has 116 valence electrons. The highest BCUT2D eigenvalue weighted by molar-refractivity contribution is 5.80. The molecule has 0 bridgehead atoms. The van der Waals surface area contributed by atoms with Crippen molar-refractivity contribution in [1.29, 1.82) is 0 Å². The molecule has 2 N–H and O–H groups in total. The molecular weight excluding hydrogens is 284 g/mol. The molecule has 22 heavy (non-hydrogen) atoms. The van der Waals surface area contributed by atoms with Crippen LogP contribution < -0.4 is 10.6 Å². The summed E-state index contributed by atoms with van der Waals surface area (Å²) in [4.78, 5) is 11.7. The Bertz CT molecular complexity index is 592. The van der Waals surface area contributed by atoms with Crippen molar-refractivity contribution in [2.45, 2.75) is 18.9 Å². The zero-order valence-electron chi connectivity index (χ0n) is 12.1. The number of rotatable bonds is 6. The largest absolute Gasteiger partial charge is 0.368 e. The van der Waals surface area contributed by atoms with Crippen LogP contribution >= 0.6 is 0 Å². The minimum absolute atomic E-state index is 0.0422. The summed E-state index contributed by atoms with van der Waals surface area (Å²) < 4.78 is 6.95. The van der Waals surface area contributed by atoms with E-state index in [0.29, 0.717) is 31.3 Å². The molecule has 1 atom stereocenters. The van der Waals surface area contributed by atoms with Gasteiger partial charge in [-0.15, -0.1) is 10.2 Å². The number of hydrogen-bond donors (Lipinski definition) is 2. The van der Waals surface area contributed by atoms with Crippen molar-refractivity contribution < 1.29 is 9.53 Å². The zero-order chi connectivity index (χ0) is 15.2. The van der Waals surface area contributed by atoms with Crippen LogP contribution in [0.4, 0.5) is 5.82 Å². The number of hydrogen-bond acceptors (Lipinski definition) is 6. The molecule has 0 radical (unpaired) electrons. The van der Waals surface area contributed by atoms with E-state index in [1.165, 1.54) is 0 Å². The molecule has 1 saturated heterocycles. The molecule has 0 saturated carbocycles. The van der Waals surface area contributed by atoms with E-state index >= 15 is 0 Å². The lowest BCUT2D eigenvalue weighted by atomic mass is 10.2. The lowest BCUT2D eigenvalue weighted by molar-refractivity contribution is -0.129. The summed E-state index contributed by atoms with van der Waals surface area (Å²) in [6.07, 6.45) is 4.96. The number of aromatic nitrogens is 4. The highest BCUT2D eigenvalue weighted by Gasteiger charge is 2.22. The van der Waals surface area contributed by atoms with Crippen LogP contribution in [0.5, 0.6) is 0 Å². The summed E-state index contributed by atoms with van der Waals surface area (Å²) in [5.74, 6) is 1.27. The third-order valence-corrected chi connectivity index (χ3v) is 3.34. The van der Waals surface area contributed by atoms with Crippen LogP contribution in [0.25, 0.3) is 5.82 Å². The van der Waals surface area contributed by atoms with Crippen LogP contribution in [0.2, 0.25) is 0 Å². The van der Waals surface area contributed by atoms with Crippen LogP contribution in [0.15, 0.2) is 30.6 Å². The van der Waals surface area contributed by atoms with E-state index < -0.39 is 0 Å². The average molecular weight is 302 g/mol. The lowest BCUT2D eigenvalue weighted by Gasteiger charge is -2.11. The molecule has 1 unspecified atom stereocenters. The Kier molecular flexibility index (Phi) is 4.59. The monoisotopic (exact) mass is 302 g/mol. The summed E-state index contributed by atoms with van der Waals surface area (Å²) in [6, 6.07) is 5.48. The first-order valence-corrected chi connectivity index (χ1v) is 7.30. The Morgan fingerprint density at radius 2 is 2.32 bits per heavy atom. The van der Waals surface area contributed by atoms with Gasteiger partial charge < -0.3 is 15.4 Å². The van der Waals surface area contributed by atoms with Gasteiger partial charge in [-0.05, 0) is 31.0 Å². The van der Waals surface area contributed by atoms with E-state index in [1.807, 2.05) is 18.2 Å². The van der Waals surface area contributed by atoms with Crippen LogP contribution in [-0.2, 0) is 9.53 Å². The van der Waals surface area contributed by atoms with Crippen molar-refractivity contribution >= 4 is 11.7 Å². The fourth-order valence-electron chi connectivity index (χ4n) is 2.22. The summed E-state index contributed by atoms with van der Waals surface area (Å²) in [6.45, 7) is 1.77. The highest BCUT2D eigenvalue weighted by Crippen LogP contribution is 2.11. The minimum Gasteiger partial charge on any atom is -0.368 e. The number of nitrogens with one attached hydrogen (secondary N) is 2. The summed E-state index contributed by atoms with van der Waals surface area (Å²) in [7, 11) is 0. The molecule has 2 aromatic rings. The summed E-state index contributed by atoms with van der Waals surface area (Å²) in [5.41, 5.74) is 0. The van der Waals surface area contributed by atoms with E-state index in [2.05, 4.69) is 25.9 Å². The van der Waals surface area contributed by atoms with Gasteiger partial charge in [-0.25, -0.2) is 4.68 Å². The molecule has 0 spiro atoms. The maximum atomic E-state index is 11.7. The standard InChI is InChI=1S/C14H18N6O2/c21-14(11-3-1-10-22-11)16-8-7-15-12-4-5-13(19-18-12)20-9-2-6-17-20/h2,4-6,9,11H,1,3,7-8,10H2,(H,15,18)(H,16,21). The van der Waals surface area contributed by atoms with Gasteiger partial charge in [0.05, 0.1) is 0 Å². The second-order valence-corrected chi connectivity index (χ2v) is 4.95. The predicted molar refractivity (Wildman–Crippen MR) is 79.6 cm³/mol. The number of carbonyl (C=O) groups is 1. The fraction of sp³-hybridized carbons (Fsp3) is 0.429. The van der Waals surface area contributed by atoms with Gasteiger partial charge in [0.2, 0.25) is 5.91 Å². The lowest BCUT2D eigenvalue weighted by Crippen LogP contribution is -2.36. The highest BCUT2D eigenvalue weighted by atomic mass is 16.5. The number of amides is 1. The van der Waals surface area contributed by atoms with Crippen LogP contribution in [0.1, 0.15) is 12.8 Å². The SMILES string of the molecule is O=C(NCCNc1ccc(-n2cccn2)nn1)C1CCCO1. The van der Waals surface area contributed by atoms with Crippen LogP contribution in [0, 0.1) is 0 Å². The zero-order valence-corrected chi connectivity index (χ0v) is 12.1. The van der Waals surface area contributed by atoms with Crippen LogP contribution in [-0.4, -0.2) is 51.7 Å². The Labute approximate surface area is 127 Å². The van der Waals surface area contributed by atoms with Gasteiger partial charge in [-0.1, -0.05) is 0 Å². The minimum atomic E-state index is -0.284. The van der Waals surface area contributed by atoms with E-state index in [-0.39, 0.29) is 12.0 Å². The maximum absolute atomic E-state index is 11.7. The molecule has 1 amide bonds. The van der Waals surface area contributed by atoms with E-state index in [9.17, 15) is 4.79 Å². The molecule has 2 aromatic heterocycles. The molecule has 1 aliphatic heterocycles. The number of anilines is 1. The third-order valence-electron chi connectivity index (χ3n) is 3.34. The molecular formula is C14H18N6O2. The van der Waals surface area contributed by atoms with Gasteiger partial charge >= 0.3 is 0 Å². The predicted octanol–water partition coefficient (Wildman–Crippen LogP) is 0.369. The molecule has 8 nitrogen and oxygen atoms in total. The smallest absolute Gasteiger partial charge is 0.249 e. The third kappa shape index (κ3) is 3.59. The van der Waals surface area contributed by atoms with E-state index in [4.69, 9.17) is 4.74 Å². The Morgan fingerprint density at radius 1 is 1.36 bits per heavy atom. The first-order valence-electron chi connectivity index (χ1n) is 7.30. The second-order valence-electron chi connectivity index (χ2n) is 4.95. The van der Waals surface area contributed by atoms with Gasteiger partial charge in [0, 0.05) is 32.1 Å². The molecule has 0 aliphatic carbocycles. The molecule has 0 aromatic carbocycles. The second kappa shape index (κ2) is 6.99. The van der Waals surface area contributed by atoms with Crippen LogP contribution in [0.3, 0.4) is 0 Å². The number of ether oxygens (including phenoxy) is 1. The van der Waals surface area contributed by atoms with Gasteiger partial charge in [-0.2, -0.15) is 5.10 Å². The van der Waals surface area contributed by atoms with Gasteiger partial charge in [0.15, 0.2) is 5.82 Å². The Morgan fingerprint density at radius 3 is 3.00 bits per heavy atom. The molecule has 1 fully saturated rings. The van der Waals surface area contributed by atoms with Gasteiger partial charge in [0.25, 0.3) is 0 Å². The fourth-order valence-corrected chi connectivity index (χ4v) is 2.22. The van der Waals surface area contributed by atoms with Crippen molar-refractivity contribution in [1.82, 2.24) is 25.3 Å². The maximum Gasteiger partial charge on any atom is 0.249 e. The average Bonchev–Trinajstić information content (AvgIpc) is 3.25. The summed E-state index contributed by atoms with van der Waals surface area (Å²) in [5, 5.41) is 18.2. The van der Waals surface area contributed by atoms with Crippen molar-refractivity contribution in [3.8, 4) is 5.82 Å². The molecule has 3 heterocycles. The first-order chi connectivity index (χ1) is 10.8. The number of nitrogens with zero attached hydrogens (tertiary/aromatic N) is 4. The van der Waals surface area contributed by atoms with E-state index in [1.54, 1.807) is 17.1 Å². The van der Waals surface area contributed by atoms with Crippen molar-refractivity contribution in [2.24, 2.45) is 0 Å². The summed E-state index contributed by atoms with van der Waals surface area (Å²) >= 11 is 0. The topological polar surface area (TPSA) is 94.0 Å². The first kappa shape index (κ1) is 14.5. The normalized spacial score (nSPS) is 17.4. The van der Waals surface area contributed by atoms with Gasteiger partial charge in [0.1, 0.15) is 11.9 Å². The molecule has 3 rings (SSSR count).